The molecule has 0 aromatic carbocycles. The Morgan fingerprint density at radius 3 is 1.92 bits per heavy atom. The van der Waals surface area contributed by atoms with Crippen LogP contribution in [0, 0.1) is 5.92 Å². The van der Waals surface area contributed by atoms with Crippen LogP contribution in [0.4, 0.5) is 0 Å². The Balaban J connectivity index is 0.745. The van der Waals surface area contributed by atoms with Crippen LogP contribution in [0.2, 0.25) is 0 Å². The molecule has 0 aliphatic carbocycles. The first kappa shape index (κ1) is 58.9. The van der Waals surface area contributed by atoms with Gasteiger partial charge in [-0.1, -0.05) is 43.9 Å². The van der Waals surface area contributed by atoms with E-state index in [0.29, 0.717) is 69.8 Å². The lowest BCUT2D eigenvalue weighted by Crippen LogP contribution is -2.74. The van der Waals surface area contributed by atoms with Crippen molar-refractivity contribution >= 4 is 20.8 Å². The first-order valence-electron chi connectivity index (χ1n) is 28.7. The van der Waals surface area contributed by atoms with Gasteiger partial charge >= 0.3 is 20.8 Å². The zero-order chi connectivity index (χ0) is 56.4. The fraction of sp³-hybridized carbons (Fsp3) is 0.857. The minimum atomic E-state index is -4.91. The molecule has 11 aliphatic rings. The van der Waals surface area contributed by atoms with E-state index in [1.54, 1.807) is 32.1 Å². The van der Waals surface area contributed by atoms with Crippen molar-refractivity contribution in [2.75, 3.05) is 6.61 Å². The zero-order valence-corrected chi connectivity index (χ0v) is 48.0. The second-order valence-electron chi connectivity index (χ2n) is 25.9. The number of allylic oxidation sites excluding steroid dienone is 3. The largest absolute Gasteiger partial charge is 0.397 e. The maximum absolute atomic E-state index is 12.3. The van der Waals surface area contributed by atoms with E-state index in [1.807, 2.05) is 6.92 Å². The second-order valence-corrected chi connectivity index (χ2v) is 28.0. The van der Waals surface area contributed by atoms with Gasteiger partial charge in [-0.3, -0.25) is 9.11 Å². The third-order valence-electron chi connectivity index (χ3n) is 19.8. The Labute approximate surface area is 465 Å². The minimum absolute atomic E-state index is 0.0618. The van der Waals surface area contributed by atoms with Gasteiger partial charge in [-0.15, -0.1) is 6.58 Å². The van der Waals surface area contributed by atoms with E-state index < -0.39 is 116 Å². The summed E-state index contributed by atoms with van der Waals surface area (Å²) >= 11 is 0. The predicted molar refractivity (Wildman–Crippen MR) is 280 cm³/mol. The number of fused-ring (bicyclic) bond motifs is 10. The highest BCUT2D eigenvalue weighted by atomic mass is 32.3. The van der Waals surface area contributed by atoms with Crippen molar-refractivity contribution in [1.29, 1.82) is 0 Å². The molecule has 446 valence electrons. The summed E-state index contributed by atoms with van der Waals surface area (Å²) in [6.07, 6.45) is 2.61. The Kier molecular flexibility index (Phi) is 16.1. The second kappa shape index (κ2) is 21.6. The average molecular weight is 1160 g/mol. The highest BCUT2D eigenvalue weighted by Crippen LogP contribution is 2.54. The molecule has 11 heterocycles. The van der Waals surface area contributed by atoms with Crippen molar-refractivity contribution in [3.05, 3.63) is 49.1 Å². The van der Waals surface area contributed by atoms with Crippen molar-refractivity contribution in [2.45, 2.75) is 288 Å². The van der Waals surface area contributed by atoms with Gasteiger partial charge in [0, 0.05) is 44.9 Å². The molecule has 0 spiro atoms. The maximum atomic E-state index is 12.3. The summed E-state index contributed by atoms with van der Waals surface area (Å²) in [6.45, 7) is 23.5. The molecular weight excluding hydrogens is 1070 g/mol. The summed E-state index contributed by atoms with van der Waals surface area (Å²) in [6, 6.07) is 0. The number of hydrogen-bond acceptors (Lipinski definition) is 19. The lowest BCUT2D eigenvalue weighted by Gasteiger charge is -2.61. The van der Waals surface area contributed by atoms with Crippen LogP contribution in [0.25, 0.3) is 0 Å². The fourth-order valence-corrected chi connectivity index (χ4v) is 16.4. The molecule has 21 nitrogen and oxygen atoms in total. The van der Waals surface area contributed by atoms with E-state index in [9.17, 15) is 31.6 Å². The van der Waals surface area contributed by atoms with Gasteiger partial charge in [-0.2, -0.15) is 16.8 Å². The number of aliphatic hydroxyl groups is 2. The van der Waals surface area contributed by atoms with Crippen LogP contribution in [0.15, 0.2) is 49.1 Å². The van der Waals surface area contributed by atoms with Gasteiger partial charge < -0.3 is 62.3 Å². The number of hydrogen-bond donors (Lipinski definition) is 4. The van der Waals surface area contributed by atoms with Crippen LogP contribution in [-0.2, 0) is 81.3 Å². The first-order valence-corrected chi connectivity index (χ1v) is 31.4. The molecular formula is C56H84O21S2. The molecule has 0 saturated carbocycles. The van der Waals surface area contributed by atoms with E-state index in [2.05, 4.69) is 44.7 Å². The van der Waals surface area contributed by atoms with Crippen LogP contribution in [0.1, 0.15) is 138 Å². The maximum Gasteiger partial charge on any atom is 0.397 e. The average Bonchev–Trinajstić information content (AvgIpc) is 3.76. The highest BCUT2D eigenvalue weighted by molar-refractivity contribution is 7.81. The van der Waals surface area contributed by atoms with Crippen LogP contribution in [-0.4, -0.2) is 193 Å². The lowest BCUT2D eigenvalue weighted by atomic mass is 9.73. The standard InChI is InChI=1S/C56H84O21S2/c1-10-12-29(2)13-17-52(5,58)51-31(4)21-40-39(72-51)27-47-56(9,75-40)50(57)49-43(71-47)25-42-48(73-49)30(3)14-18-54(7)45(70-42)28-44-55(8,77-54)19-15-32-33(69-44)22-35-34(66-32)23-36-37(67-35)24-41-38(68-36)26-46(76-79(62,63)64)53(6,74-41)16-11-20-65-78(59,60)61/h10,13,17,30,32-51,57-58H,1-2,4,11-12,14-16,18-28H2,3,5-9H3,(H,59,60,61)(H,62,63,64)/b17-13+/t30-,32-,33+,34+,35-,36-,37+,38+,39+,40-,41-,42-,43+,44-,45+,46-,47-,48+,49+,50+,51-,52+,53+,54-,55+,56-/m0/s1. The molecule has 0 unspecified atom stereocenters. The number of ether oxygens (including phenoxy) is 11. The molecule has 0 radical (unpaired) electrons. The highest BCUT2D eigenvalue weighted by Gasteiger charge is 2.65. The molecule has 11 fully saturated rings. The fourth-order valence-electron chi connectivity index (χ4n) is 15.5. The van der Waals surface area contributed by atoms with Gasteiger partial charge in [-0.25, -0.2) is 8.37 Å². The molecule has 23 heteroatoms. The van der Waals surface area contributed by atoms with Gasteiger partial charge in [0.25, 0.3) is 0 Å². The molecule has 11 rings (SSSR count). The lowest BCUT2D eigenvalue weighted by molar-refractivity contribution is -0.369. The molecule has 0 aromatic rings. The smallest absolute Gasteiger partial charge is 0.387 e. The summed E-state index contributed by atoms with van der Waals surface area (Å²) in [5, 5.41) is 24.0. The Bertz CT molecular complexity index is 2560. The molecule has 0 bridgehead atoms. The van der Waals surface area contributed by atoms with Gasteiger partial charge in [0.1, 0.15) is 35.6 Å². The van der Waals surface area contributed by atoms with E-state index in [1.165, 1.54) is 0 Å². The summed E-state index contributed by atoms with van der Waals surface area (Å²) in [7, 11) is -9.60. The van der Waals surface area contributed by atoms with Crippen LogP contribution in [0.3, 0.4) is 0 Å². The number of rotatable bonds is 12. The monoisotopic (exact) mass is 1160 g/mol. The van der Waals surface area contributed by atoms with Gasteiger partial charge in [0.05, 0.1) is 121 Å². The molecule has 4 N–H and O–H groups in total. The van der Waals surface area contributed by atoms with Gasteiger partial charge in [0.2, 0.25) is 0 Å². The SMILES string of the molecule is C=CCC(=C)/C=C/[C@@](C)(O)[C@H]1O[C@@H]2C[C@@H]3O[C@@H]4C[C@@H]5O[C@@H]6C[C@@H]7O[C@@H]8C[C@@H]9O[C@@H]%10C[C@@H]%11O[C@](C)(CCCOS(=O)(=O)O)[C@@H](OS(=O)(=O)O)C[C@H]%11O[C@H]%10C[C@H]9O[C@H]8CC[C@@]7(C)O[C@@]6(C)CC[C@H](C)[C@H]5O[C@H]4[C@@H](O)[C@@]3(C)O[C@H]2CC1=C. The Hall–Kier alpha value is -1.82. The zero-order valence-electron chi connectivity index (χ0n) is 46.3. The van der Waals surface area contributed by atoms with Crippen molar-refractivity contribution in [1.82, 2.24) is 0 Å². The van der Waals surface area contributed by atoms with Crippen LogP contribution >= 0.6 is 0 Å². The van der Waals surface area contributed by atoms with Crippen molar-refractivity contribution < 1.29 is 96.6 Å². The minimum Gasteiger partial charge on any atom is -0.387 e. The molecule has 11 saturated heterocycles. The molecule has 11 aliphatic heterocycles. The molecule has 0 aromatic heterocycles. The molecule has 0 amide bonds. The van der Waals surface area contributed by atoms with E-state index in [0.717, 1.165) is 18.4 Å². The van der Waals surface area contributed by atoms with Gasteiger partial charge in [0.15, 0.2) is 0 Å². The molecule has 79 heavy (non-hydrogen) atoms. The molecule has 26 atom stereocenters. The Morgan fingerprint density at radius 1 is 0.696 bits per heavy atom. The van der Waals surface area contributed by atoms with Crippen molar-refractivity contribution in [3.8, 4) is 0 Å². The topological polar surface area (TPSA) is 269 Å². The summed E-state index contributed by atoms with van der Waals surface area (Å²) < 4.78 is 151. The number of aliphatic hydroxyl groups excluding tert-OH is 1. The van der Waals surface area contributed by atoms with Gasteiger partial charge in [-0.05, 0) is 97.5 Å². The summed E-state index contributed by atoms with van der Waals surface area (Å²) in [5.41, 5.74) is -3.54. The quantitative estimate of drug-likeness (QED) is 0.0819. The summed E-state index contributed by atoms with van der Waals surface area (Å²) in [4.78, 5) is 0. The van der Waals surface area contributed by atoms with Crippen LogP contribution < -0.4 is 0 Å². The van der Waals surface area contributed by atoms with Crippen molar-refractivity contribution in [3.63, 3.8) is 0 Å². The van der Waals surface area contributed by atoms with Crippen LogP contribution in [0.5, 0.6) is 0 Å². The van der Waals surface area contributed by atoms with E-state index in [4.69, 9.17) is 60.8 Å². The van der Waals surface area contributed by atoms with E-state index >= 15 is 0 Å². The third kappa shape index (κ3) is 11.7. The normalized spacial score (nSPS) is 50.5. The summed E-state index contributed by atoms with van der Waals surface area (Å²) in [5.74, 6) is 0.0693. The first-order chi connectivity index (χ1) is 37.0. The Morgan fingerprint density at radius 2 is 1.27 bits per heavy atom. The predicted octanol–water partition coefficient (Wildman–Crippen LogP) is 5.45. The van der Waals surface area contributed by atoms with E-state index in [-0.39, 0.29) is 86.7 Å². The van der Waals surface area contributed by atoms with Crippen molar-refractivity contribution in [2.24, 2.45) is 5.92 Å². The third-order valence-corrected chi connectivity index (χ3v) is 20.8.